The summed E-state index contributed by atoms with van der Waals surface area (Å²) >= 11 is 0. The van der Waals surface area contributed by atoms with Crippen LogP contribution >= 0.6 is 0 Å². The summed E-state index contributed by atoms with van der Waals surface area (Å²) in [5, 5.41) is 23.3. The molecule has 3 aromatic rings. The van der Waals surface area contributed by atoms with E-state index in [4.69, 9.17) is 18.8 Å². The fraction of sp³-hybridized carbons (Fsp3) is 0.368. The van der Waals surface area contributed by atoms with Gasteiger partial charge in [-0.25, -0.2) is 0 Å². The number of ether oxygens (including phenoxy) is 1. The minimum absolute atomic E-state index is 0.138. The standard InChI is InChI=1S/C19H21N3O5/c1-25-14-4-2-12(3-5-14)18-20-19(27-21-18)17-8-13(24)9-22(17)10-15-6-7-16(11-23)26-15/h2-7,13,17,23-24H,8-11H2,1H3. The van der Waals surface area contributed by atoms with Crippen LogP contribution in [0.5, 0.6) is 5.75 Å². The lowest BCUT2D eigenvalue weighted by Gasteiger charge is -2.19. The summed E-state index contributed by atoms with van der Waals surface area (Å²) < 4.78 is 16.2. The molecule has 1 aliphatic rings. The first kappa shape index (κ1) is 17.7. The molecule has 0 aliphatic carbocycles. The monoisotopic (exact) mass is 371 g/mol. The van der Waals surface area contributed by atoms with E-state index in [0.29, 0.717) is 42.7 Å². The number of aliphatic hydroxyl groups is 2. The molecule has 2 N–H and O–H groups in total. The predicted molar refractivity (Wildman–Crippen MR) is 94.7 cm³/mol. The van der Waals surface area contributed by atoms with E-state index in [-0.39, 0.29) is 12.6 Å². The quantitative estimate of drug-likeness (QED) is 0.679. The molecule has 0 saturated carbocycles. The summed E-state index contributed by atoms with van der Waals surface area (Å²) in [7, 11) is 1.62. The zero-order chi connectivity index (χ0) is 18.8. The maximum absolute atomic E-state index is 10.1. The maximum Gasteiger partial charge on any atom is 0.244 e. The van der Waals surface area contributed by atoms with Crippen LogP contribution in [0.25, 0.3) is 11.4 Å². The van der Waals surface area contributed by atoms with Crippen LogP contribution in [0.3, 0.4) is 0 Å². The average Bonchev–Trinajstić information content (AvgIpc) is 3.42. The molecule has 142 valence electrons. The third-order valence-corrected chi connectivity index (χ3v) is 4.69. The van der Waals surface area contributed by atoms with Crippen molar-refractivity contribution in [3.8, 4) is 17.1 Å². The van der Waals surface area contributed by atoms with Gasteiger partial charge in [0.1, 0.15) is 23.9 Å². The van der Waals surface area contributed by atoms with E-state index >= 15 is 0 Å². The van der Waals surface area contributed by atoms with Crippen molar-refractivity contribution < 1.29 is 23.9 Å². The van der Waals surface area contributed by atoms with Crippen LogP contribution in [0.1, 0.15) is 29.9 Å². The molecule has 27 heavy (non-hydrogen) atoms. The topological polar surface area (TPSA) is 105 Å². The molecular weight excluding hydrogens is 350 g/mol. The zero-order valence-electron chi connectivity index (χ0n) is 14.9. The van der Waals surface area contributed by atoms with Crippen molar-refractivity contribution >= 4 is 0 Å². The Bertz CT molecular complexity index is 889. The van der Waals surface area contributed by atoms with Gasteiger partial charge in [0, 0.05) is 12.1 Å². The van der Waals surface area contributed by atoms with E-state index in [1.54, 1.807) is 13.2 Å². The third-order valence-electron chi connectivity index (χ3n) is 4.69. The smallest absolute Gasteiger partial charge is 0.244 e. The van der Waals surface area contributed by atoms with Crippen LogP contribution in [0.4, 0.5) is 0 Å². The molecule has 4 rings (SSSR count). The second-order valence-electron chi connectivity index (χ2n) is 6.55. The molecule has 3 heterocycles. The summed E-state index contributed by atoms with van der Waals surface area (Å²) in [6.45, 7) is 0.836. The molecule has 1 saturated heterocycles. The number of aliphatic hydroxyl groups excluding tert-OH is 2. The summed E-state index contributed by atoms with van der Waals surface area (Å²) in [5.41, 5.74) is 0.828. The van der Waals surface area contributed by atoms with Gasteiger partial charge >= 0.3 is 0 Å². The summed E-state index contributed by atoms with van der Waals surface area (Å²) in [4.78, 5) is 6.56. The average molecular weight is 371 g/mol. The normalized spacial score (nSPS) is 20.3. The largest absolute Gasteiger partial charge is 0.497 e. The Labute approximate surface area is 156 Å². The number of likely N-dealkylation sites (tertiary alicyclic amines) is 1. The molecule has 0 amide bonds. The van der Waals surface area contributed by atoms with Crippen molar-refractivity contribution in [1.29, 1.82) is 0 Å². The highest BCUT2D eigenvalue weighted by molar-refractivity contribution is 5.55. The minimum Gasteiger partial charge on any atom is -0.497 e. The summed E-state index contributed by atoms with van der Waals surface area (Å²) in [6, 6.07) is 10.8. The van der Waals surface area contributed by atoms with Crippen molar-refractivity contribution in [1.82, 2.24) is 15.0 Å². The van der Waals surface area contributed by atoms with Crippen LogP contribution in [-0.2, 0) is 13.2 Å². The predicted octanol–water partition coefficient (Wildman–Crippen LogP) is 2.14. The molecule has 2 aromatic heterocycles. The molecule has 1 aliphatic heterocycles. The number of methoxy groups -OCH3 is 1. The fourth-order valence-corrected chi connectivity index (χ4v) is 3.33. The zero-order valence-corrected chi connectivity index (χ0v) is 14.9. The van der Waals surface area contributed by atoms with Crippen molar-refractivity contribution in [3.63, 3.8) is 0 Å². The first-order chi connectivity index (χ1) is 13.2. The van der Waals surface area contributed by atoms with Crippen LogP contribution in [0.15, 0.2) is 45.3 Å². The number of nitrogens with zero attached hydrogens (tertiary/aromatic N) is 3. The van der Waals surface area contributed by atoms with E-state index in [1.165, 1.54) is 0 Å². The summed E-state index contributed by atoms with van der Waals surface area (Å²) in [6.07, 6.45) is 0.0382. The third kappa shape index (κ3) is 3.73. The Morgan fingerprint density at radius 3 is 2.67 bits per heavy atom. The molecule has 1 fully saturated rings. The van der Waals surface area contributed by atoms with Gasteiger partial charge < -0.3 is 23.9 Å². The molecule has 8 heteroatoms. The Kier molecular flexibility index (Phi) is 4.93. The van der Waals surface area contributed by atoms with Crippen molar-refractivity contribution in [2.24, 2.45) is 0 Å². The molecule has 2 atom stereocenters. The van der Waals surface area contributed by atoms with E-state index in [2.05, 4.69) is 10.1 Å². The van der Waals surface area contributed by atoms with E-state index < -0.39 is 6.10 Å². The molecule has 0 radical (unpaired) electrons. The van der Waals surface area contributed by atoms with Crippen LogP contribution in [0, 0.1) is 0 Å². The lowest BCUT2D eigenvalue weighted by molar-refractivity contribution is 0.160. The van der Waals surface area contributed by atoms with E-state index in [9.17, 15) is 5.11 Å². The van der Waals surface area contributed by atoms with Gasteiger partial charge in [0.25, 0.3) is 0 Å². The van der Waals surface area contributed by atoms with Crippen LogP contribution in [0.2, 0.25) is 0 Å². The van der Waals surface area contributed by atoms with Gasteiger partial charge in [0.05, 0.1) is 25.8 Å². The highest BCUT2D eigenvalue weighted by Gasteiger charge is 2.36. The number of furan rings is 1. The maximum atomic E-state index is 10.1. The Balaban J connectivity index is 1.52. The molecule has 1 aromatic carbocycles. The second kappa shape index (κ2) is 7.51. The Morgan fingerprint density at radius 1 is 1.19 bits per heavy atom. The number of aromatic nitrogens is 2. The van der Waals surface area contributed by atoms with Gasteiger partial charge in [-0.15, -0.1) is 0 Å². The van der Waals surface area contributed by atoms with Gasteiger partial charge in [0.15, 0.2) is 0 Å². The van der Waals surface area contributed by atoms with Gasteiger partial charge in [0.2, 0.25) is 11.7 Å². The fourth-order valence-electron chi connectivity index (χ4n) is 3.33. The van der Waals surface area contributed by atoms with Gasteiger partial charge in [-0.1, -0.05) is 5.16 Å². The number of benzene rings is 1. The lowest BCUT2D eigenvalue weighted by Crippen LogP contribution is -2.24. The van der Waals surface area contributed by atoms with Gasteiger partial charge in [-0.2, -0.15) is 4.98 Å². The van der Waals surface area contributed by atoms with Gasteiger partial charge in [-0.3, -0.25) is 4.90 Å². The minimum atomic E-state index is -0.474. The second-order valence-corrected chi connectivity index (χ2v) is 6.55. The van der Waals surface area contributed by atoms with E-state index in [1.807, 2.05) is 35.2 Å². The highest BCUT2D eigenvalue weighted by Crippen LogP contribution is 2.34. The summed E-state index contributed by atoms with van der Waals surface area (Å²) in [5.74, 6) is 2.95. The first-order valence-electron chi connectivity index (χ1n) is 8.75. The van der Waals surface area contributed by atoms with Crippen molar-refractivity contribution in [2.75, 3.05) is 13.7 Å². The SMILES string of the molecule is COc1ccc(-c2noc(C3CC(O)CN3Cc3ccc(CO)o3)n2)cc1. The number of hydrogen-bond acceptors (Lipinski definition) is 8. The highest BCUT2D eigenvalue weighted by atomic mass is 16.5. The molecule has 8 nitrogen and oxygen atoms in total. The molecule has 2 unspecified atom stereocenters. The Hall–Kier alpha value is -2.68. The van der Waals surface area contributed by atoms with Crippen LogP contribution < -0.4 is 4.74 Å². The van der Waals surface area contributed by atoms with Crippen molar-refractivity contribution in [3.05, 3.63) is 53.8 Å². The number of β-amino-alcohol motifs (C(OH)–C–C–N with tert-alkyl or cyclic N) is 1. The molecule has 0 spiro atoms. The van der Waals surface area contributed by atoms with Crippen LogP contribution in [-0.4, -0.2) is 45.0 Å². The Morgan fingerprint density at radius 2 is 1.96 bits per heavy atom. The molecular formula is C19H21N3O5. The first-order valence-corrected chi connectivity index (χ1v) is 8.75. The number of rotatable bonds is 6. The van der Waals surface area contributed by atoms with E-state index in [0.717, 1.165) is 11.3 Å². The number of hydrogen-bond donors (Lipinski definition) is 2. The van der Waals surface area contributed by atoms with Gasteiger partial charge in [-0.05, 0) is 42.8 Å². The molecule has 0 bridgehead atoms. The van der Waals surface area contributed by atoms with Crippen molar-refractivity contribution in [2.45, 2.75) is 31.7 Å². The lowest BCUT2D eigenvalue weighted by atomic mass is 10.2.